The second-order valence-electron chi connectivity index (χ2n) is 7.99. The largest absolute Gasteiger partial charge is 0.355 e. The number of nitrogens with zero attached hydrogens (tertiary/aromatic N) is 3. The molecular formula is C22H23N3O4S. The van der Waals surface area contributed by atoms with Gasteiger partial charge in [-0.05, 0) is 24.6 Å². The summed E-state index contributed by atoms with van der Waals surface area (Å²) in [5.74, 6) is 1.16. The summed E-state index contributed by atoms with van der Waals surface area (Å²) < 4.78 is 29.0. The first-order chi connectivity index (χ1) is 14.5. The van der Waals surface area contributed by atoms with Crippen molar-refractivity contribution in [3.05, 3.63) is 54.1 Å². The summed E-state index contributed by atoms with van der Waals surface area (Å²) in [5.41, 5.74) is 2.25. The first kappa shape index (κ1) is 19.3. The quantitative estimate of drug-likeness (QED) is 0.641. The number of sulfone groups is 1. The molecular weight excluding hydrogens is 402 g/mol. The van der Waals surface area contributed by atoms with Crippen LogP contribution in [0.4, 0.5) is 0 Å². The molecule has 2 aliphatic rings. The zero-order chi connectivity index (χ0) is 20.7. The Morgan fingerprint density at radius 2 is 1.80 bits per heavy atom. The Bertz CT molecular complexity index is 1180. The first-order valence-corrected chi connectivity index (χ1v) is 12.0. The normalized spacial score (nSPS) is 21.9. The molecule has 7 nitrogen and oxygen atoms in total. The molecule has 30 heavy (non-hydrogen) atoms. The van der Waals surface area contributed by atoms with Gasteiger partial charge in [0.25, 0.3) is 5.91 Å². The number of aromatic nitrogens is 1. The van der Waals surface area contributed by atoms with E-state index in [4.69, 9.17) is 4.52 Å². The van der Waals surface area contributed by atoms with Crippen molar-refractivity contribution in [1.29, 1.82) is 0 Å². The minimum atomic E-state index is -2.90. The maximum atomic E-state index is 13.1. The lowest BCUT2D eigenvalue weighted by atomic mass is 10.1. The van der Waals surface area contributed by atoms with Crippen molar-refractivity contribution in [2.45, 2.75) is 12.5 Å². The summed E-state index contributed by atoms with van der Waals surface area (Å²) in [6.07, 6.45) is 0.697. The van der Waals surface area contributed by atoms with Crippen molar-refractivity contribution in [1.82, 2.24) is 15.0 Å². The Morgan fingerprint density at radius 3 is 2.50 bits per heavy atom. The van der Waals surface area contributed by atoms with Crippen LogP contribution in [0.15, 0.2) is 53.1 Å². The molecule has 1 amide bonds. The highest BCUT2D eigenvalue weighted by atomic mass is 32.2. The van der Waals surface area contributed by atoms with E-state index in [1.165, 1.54) is 0 Å². The average Bonchev–Trinajstić information content (AvgIpc) is 3.36. The van der Waals surface area contributed by atoms with E-state index in [1.807, 2.05) is 47.4 Å². The third-order valence-corrected chi connectivity index (χ3v) is 7.84. The molecule has 0 bridgehead atoms. The van der Waals surface area contributed by atoms with E-state index in [9.17, 15) is 13.2 Å². The van der Waals surface area contributed by atoms with Crippen molar-refractivity contribution in [2.75, 3.05) is 37.7 Å². The summed E-state index contributed by atoms with van der Waals surface area (Å²) >= 11 is 0. The molecule has 156 valence electrons. The van der Waals surface area contributed by atoms with E-state index in [-0.39, 0.29) is 23.5 Å². The molecule has 0 N–H and O–H groups in total. The van der Waals surface area contributed by atoms with E-state index in [0.29, 0.717) is 43.9 Å². The van der Waals surface area contributed by atoms with Gasteiger partial charge in [-0.1, -0.05) is 35.5 Å². The minimum absolute atomic E-state index is 0.0178. The number of carbonyl (C=O) groups is 1. The fraction of sp³-hybridized carbons (Fsp3) is 0.364. The summed E-state index contributed by atoms with van der Waals surface area (Å²) in [4.78, 5) is 17.2. The Hall–Kier alpha value is -2.71. The summed E-state index contributed by atoms with van der Waals surface area (Å²) in [7, 11) is -2.90. The molecule has 0 aliphatic carbocycles. The van der Waals surface area contributed by atoms with Crippen LogP contribution in [-0.2, 0) is 9.84 Å². The monoisotopic (exact) mass is 425 g/mol. The van der Waals surface area contributed by atoms with Gasteiger partial charge in [-0.15, -0.1) is 0 Å². The number of benzene rings is 2. The lowest BCUT2D eigenvalue weighted by molar-refractivity contribution is 0.0588. The Balaban J connectivity index is 1.32. The van der Waals surface area contributed by atoms with Gasteiger partial charge in [0.2, 0.25) is 0 Å². The number of amides is 1. The van der Waals surface area contributed by atoms with Crippen LogP contribution in [0.5, 0.6) is 0 Å². The van der Waals surface area contributed by atoms with Crippen molar-refractivity contribution in [2.24, 2.45) is 0 Å². The summed E-state index contributed by atoms with van der Waals surface area (Å²) in [6.45, 7) is 2.61. The standard InChI is InChI=1S/C22H23N3O4S/c26-22(25-11-9-24(10-12-25)18-8-13-30(27,28)15-18)17-6-7-20-19(14-17)21(29-23-20)16-4-2-1-3-5-16/h1-7,14,18H,8-13,15H2/t18-/m0/s1. The van der Waals surface area contributed by atoms with Crippen LogP contribution in [0, 0.1) is 0 Å². The molecule has 3 aromatic rings. The molecule has 0 spiro atoms. The van der Waals surface area contributed by atoms with Crippen LogP contribution < -0.4 is 0 Å². The highest BCUT2D eigenvalue weighted by Crippen LogP contribution is 2.29. The summed E-state index contributed by atoms with van der Waals surface area (Å²) in [5, 5.41) is 4.94. The molecule has 2 fully saturated rings. The zero-order valence-corrected chi connectivity index (χ0v) is 17.3. The van der Waals surface area contributed by atoms with E-state index in [0.717, 1.165) is 16.5 Å². The Morgan fingerprint density at radius 1 is 1.03 bits per heavy atom. The predicted octanol–water partition coefficient (Wildman–Crippen LogP) is 2.44. The Kier molecular flexibility index (Phi) is 4.83. The van der Waals surface area contributed by atoms with E-state index in [1.54, 1.807) is 6.07 Å². The highest BCUT2D eigenvalue weighted by molar-refractivity contribution is 7.91. The van der Waals surface area contributed by atoms with Gasteiger partial charge in [0.05, 0.1) is 16.9 Å². The predicted molar refractivity (Wildman–Crippen MR) is 114 cm³/mol. The van der Waals surface area contributed by atoms with Gasteiger partial charge < -0.3 is 9.42 Å². The van der Waals surface area contributed by atoms with Crippen LogP contribution in [0.25, 0.3) is 22.2 Å². The van der Waals surface area contributed by atoms with Crippen LogP contribution >= 0.6 is 0 Å². The SMILES string of the molecule is O=C(c1ccc2noc(-c3ccccc3)c2c1)N1CCN([C@H]2CCS(=O)(=O)C2)CC1. The highest BCUT2D eigenvalue weighted by Gasteiger charge is 2.34. The van der Waals surface area contributed by atoms with Crippen LogP contribution in [0.1, 0.15) is 16.8 Å². The third-order valence-electron chi connectivity index (χ3n) is 6.09. The van der Waals surface area contributed by atoms with E-state index < -0.39 is 9.84 Å². The van der Waals surface area contributed by atoms with E-state index in [2.05, 4.69) is 10.1 Å². The van der Waals surface area contributed by atoms with E-state index >= 15 is 0 Å². The first-order valence-electron chi connectivity index (χ1n) is 10.2. The van der Waals surface area contributed by atoms with Crippen molar-refractivity contribution >= 4 is 26.6 Å². The number of carbonyl (C=O) groups excluding carboxylic acids is 1. The molecule has 1 atom stereocenters. The van der Waals surface area contributed by atoms with Gasteiger partial charge in [-0.25, -0.2) is 8.42 Å². The van der Waals surface area contributed by atoms with Gasteiger partial charge in [-0.2, -0.15) is 0 Å². The molecule has 8 heteroatoms. The molecule has 0 radical (unpaired) electrons. The fourth-order valence-electron chi connectivity index (χ4n) is 4.41. The lowest BCUT2D eigenvalue weighted by Gasteiger charge is -2.37. The molecule has 1 aromatic heterocycles. The topological polar surface area (TPSA) is 83.7 Å². The molecule has 3 heterocycles. The maximum Gasteiger partial charge on any atom is 0.253 e. The average molecular weight is 426 g/mol. The molecule has 5 rings (SSSR count). The summed E-state index contributed by atoms with van der Waals surface area (Å²) in [6, 6.07) is 15.3. The van der Waals surface area contributed by atoms with Crippen LogP contribution in [0.3, 0.4) is 0 Å². The number of hydrogen-bond donors (Lipinski definition) is 0. The fourth-order valence-corrected chi connectivity index (χ4v) is 6.17. The number of rotatable bonds is 3. The number of piperazine rings is 1. The van der Waals surface area contributed by atoms with Crippen molar-refractivity contribution < 1.29 is 17.7 Å². The lowest BCUT2D eigenvalue weighted by Crippen LogP contribution is -2.52. The second-order valence-corrected chi connectivity index (χ2v) is 10.2. The van der Waals surface area contributed by atoms with Gasteiger partial charge in [-0.3, -0.25) is 9.69 Å². The zero-order valence-electron chi connectivity index (χ0n) is 16.5. The maximum absolute atomic E-state index is 13.1. The number of hydrogen-bond acceptors (Lipinski definition) is 6. The number of fused-ring (bicyclic) bond motifs is 1. The molecule has 2 saturated heterocycles. The van der Waals surface area contributed by atoms with Crippen LogP contribution in [0.2, 0.25) is 0 Å². The third kappa shape index (κ3) is 3.61. The molecule has 2 aliphatic heterocycles. The molecule has 2 aromatic carbocycles. The Labute approximate surface area is 175 Å². The smallest absolute Gasteiger partial charge is 0.253 e. The van der Waals surface area contributed by atoms with Gasteiger partial charge in [0, 0.05) is 43.3 Å². The van der Waals surface area contributed by atoms with Gasteiger partial charge in [0.15, 0.2) is 15.6 Å². The van der Waals surface area contributed by atoms with Crippen molar-refractivity contribution in [3.63, 3.8) is 0 Å². The van der Waals surface area contributed by atoms with Gasteiger partial charge in [0.1, 0.15) is 5.52 Å². The minimum Gasteiger partial charge on any atom is -0.355 e. The van der Waals surface area contributed by atoms with Crippen molar-refractivity contribution in [3.8, 4) is 11.3 Å². The second kappa shape index (κ2) is 7.52. The van der Waals surface area contributed by atoms with Gasteiger partial charge >= 0.3 is 0 Å². The van der Waals surface area contributed by atoms with Crippen LogP contribution in [-0.4, -0.2) is 73.0 Å². The molecule has 0 saturated carbocycles. The molecule has 0 unspecified atom stereocenters.